The van der Waals surface area contributed by atoms with Crippen molar-refractivity contribution in [2.45, 2.75) is 0 Å². The maximum absolute atomic E-state index is 6.69. The molecule has 0 bridgehead atoms. The number of thiophene rings is 1. The van der Waals surface area contributed by atoms with E-state index < -0.39 is 0 Å². The third kappa shape index (κ3) is 4.25. The van der Waals surface area contributed by atoms with E-state index in [-0.39, 0.29) is 0 Å². The molecule has 0 saturated heterocycles. The fourth-order valence-corrected chi connectivity index (χ4v) is 8.01. The Balaban J connectivity index is 1.21. The molecule has 0 N–H and O–H groups in total. The molecule has 48 heavy (non-hydrogen) atoms. The van der Waals surface area contributed by atoms with Crippen molar-refractivity contribution >= 4 is 64.2 Å². The van der Waals surface area contributed by atoms with Gasteiger partial charge in [-0.3, -0.25) is 0 Å². The van der Waals surface area contributed by atoms with Gasteiger partial charge in [-0.2, -0.15) is 0 Å². The lowest BCUT2D eigenvalue weighted by Gasteiger charge is -2.11. The van der Waals surface area contributed by atoms with Crippen LogP contribution in [0.4, 0.5) is 0 Å². The first-order chi connectivity index (χ1) is 23.8. The van der Waals surface area contributed by atoms with Crippen molar-refractivity contribution in [1.82, 2.24) is 15.0 Å². The average molecular weight is 632 g/mol. The van der Waals surface area contributed by atoms with Crippen LogP contribution < -0.4 is 0 Å². The maximum Gasteiger partial charge on any atom is 0.164 e. The van der Waals surface area contributed by atoms with Crippen molar-refractivity contribution in [3.63, 3.8) is 0 Å². The van der Waals surface area contributed by atoms with Crippen LogP contribution in [0.2, 0.25) is 0 Å². The molecule has 10 aromatic rings. The molecule has 3 heterocycles. The zero-order chi connectivity index (χ0) is 31.6. The Bertz CT molecular complexity index is 2780. The van der Waals surface area contributed by atoms with E-state index in [1.165, 1.54) is 30.9 Å². The Morgan fingerprint density at radius 3 is 1.83 bits per heavy atom. The molecule has 0 unspecified atom stereocenters. The van der Waals surface area contributed by atoms with E-state index in [1.54, 1.807) is 0 Å². The summed E-state index contributed by atoms with van der Waals surface area (Å²) >= 11 is 1.85. The number of hydrogen-bond acceptors (Lipinski definition) is 5. The smallest absolute Gasteiger partial charge is 0.164 e. The van der Waals surface area contributed by atoms with Crippen LogP contribution in [0.3, 0.4) is 0 Å². The van der Waals surface area contributed by atoms with Crippen LogP contribution in [-0.4, -0.2) is 15.0 Å². The summed E-state index contributed by atoms with van der Waals surface area (Å²) in [5, 5.41) is 7.11. The third-order valence-electron chi connectivity index (χ3n) is 9.14. The molecule has 10 rings (SSSR count). The van der Waals surface area contributed by atoms with E-state index in [2.05, 4.69) is 78.9 Å². The molecular formula is C43H25N3OS. The van der Waals surface area contributed by atoms with E-state index in [4.69, 9.17) is 19.4 Å². The highest BCUT2D eigenvalue weighted by Gasteiger charge is 2.21. The summed E-state index contributed by atoms with van der Waals surface area (Å²) in [6.07, 6.45) is 0. The van der Waals surface area contributed by atoms with E-state index in [0.29, 0.717) is 17.5 Å². The van der Waals surface area contributed by atoms with E-state index in [9.17, 15) is 0 Å². The van der Waals surface area contributed by atoms with E-state index in [0.717, 1.165) is 49.8 Å². The number of aromatic nitrogens is 3. The molecule has 0 aliphatic rings. The number of para-hydroxylation sites is 1. The van der Waals surface area contributed by atoms with Gasteiger partial charge in [0.05, 0.1) is 0 Å². The minimum absolute atomic E-state index is 0.607. The molecule has 4 nitrogen and oxygen atoms in total. The molecule has 0 atom stereocenters. The molecule has 224 valence electrons. The van der Waals surface area contributed by atoms with Crippen molar-refractivity contribution in [3.8, 4) is 45.3 Å². The van der Waals surface area contributed by atoms with Crippen molar-refractivity contribution in [2.24, 2.45) is 0 Å². The van der Waals surface area contributed by atoms with Gasteiger partial charge >= 0.3 is 0 Å². The van der Waals surface area contributed by atoms with Crippen LogP contribution in [0.5, 0.6) is 0 Å². The summed E-state index contributed by atoms with van der Waals surface area (Å²) < 4.78 is 9.31. The summed E-state index contributed by atoms with van der Waals surface area (Å²) in [7, 11) is 0. The highest BCUT2D eigenvalue weighted by atomic mass is 32.1. The summed E-state index contributed by atoms with van der Waals surface area (Å²) in [5.41, 5.74) is 6.55. The van der Waals surface area contributed by atoms with Crippen LogP contribution >= 0.6 is 11.3 Å². The number of fused-ring (bicyclic) bond motifs is 8. The Morgan fingerprint density at radius 1 is 0.417 bits per heavy atom. The van der Waals surface area contributed by atoms with Gasteiger partial charge < -0.3 is 4.42 Å². The minimum Gasteiger partial charge on any atom is -0.455 e. The van der Waals surface area contributed by atoms with Gasteiger partial charge in [0.15, 0.2) is 17.5 Å². The van der Waals surface area contributed by atoms with Gasteiger partial charge in [0, 0.05) is 53.2 Å². The van der Waals surface area contributed by atoms with Crippen LogP contribution in [0.15, 0.2) is 156 Å². The molecule has 0 aliphatic heterocycles. The summed E-state index contributed by atoms with van der Waals surface area (Å²) in [4.78, 5) is 15.0. The summed E-state index contributed by atoms with van der Waals surface area (Å²) in [5.74, 6) is 1.87. The van der Waals surface area contributed by atoms with Crippen molar-refractivity contribution < 1.29 is 4.42 Å². The zero-order valence-corrected chi connectivity index (χ0v) is 26.4. The first-order valence-corrected chi connectivity index (χ1v) is 16.8. The fourth-order valence-electron chi connectivity index (χ4n) is 6.89. The number of hydrogen-bond donors (Lipinski definition) is 0. The number of rotatable bonds is 4. The van der Waals surface area contributed by atoms with Crippen LogP contribution in [0.1, 0.15) is 0 Å². The van der Waals surface area contributed by atoms with Crippen molar-refractivity contribution in [2.75, 3.05) is 0 Å². The van der Waals surface area contributed by atoms with Crippen LogP contribution in [0, 0.1) is 0 Å². The molecular weight excluding hydrogens is 607 g/mol. The Hall–Kier alpha value is -6.17. The van der Waals surface area contributed by atoms with Gasteiger partial charge in [0.1, 0.15) is 11.2 Å². The first kappa shape index (κ1) is 27.0. The molecule has 0 fully saturated rings. The standard InChI is InChI=1S/C43H25N3OS/c1-3-11-26(12-4-1)41-44-42(27-13-5-2-6-14-27)46-43(45-41)34-23-22-31(40-39(34)32-15-7-9-17-35(32)47-40)29-19-21-30-28(25-29)20-24-37-38(30)33-16-8-10-18-36(33)48-37/h1-25H. The van der Waals surface area contributed by atoms with Crippen LogP contribution in [-0.2, 0) is 0 Å². The lowest BCUT2D eigenvalue weighted by atomic mass is 9.95. The summed E-state index contributed by atoms with van der Waals surface area (Å²) in [6, 6.07) is 52.6. The molecule has 0 aliphatic carbocycles. The molecule has 5 heteroatoms. The van der Waals surface area contributed by atoms with E-state index in [1.807, 2.05) is 84.1 Å². The number of nitrogens with zero attached hydrogens (tertiary/aromatic N) is 3. The van der Waals surface area contributed by atoms with Gasteiger partial charge in [-0.15, -0.1) is 11.3 Å². The Labute approximate surface area is 279 Å². The van der Waals surface area contributed by atoms with Crippen LogP contribution in [0.25, 0.3) is 98.2 Å². The number of benzene rings is 7. The molecule has 3 aromatic heterocycles. The molecule has 0 radical (unpaired) electrons. The van der Waals surface area contributed by atoms with Gasteiger partial charge in [-0.05, 0) is 52.7 Å². The first-order valence-electron chi connectivity index (χ1n) is 15.9. The van der Waals surface area contributed by atoms with Gasteiger partial charge in [-0.25, -0.2) is 15.0 Å². The topological polar surface area (TPSA) is 51.8 Å². The summed E-state index contributed by atoms with van der Waals surface area (Å²) in [6.45, 7) is 0. The fraction of sp³-hybridized carbons (Fsp3) is 0. The normalized spacial score (nSPS) is 11.8. The van der Waals surface area contributed by atoms with Gasteiger partial charge in [0.2, 0.25) is 0 Å². The molecule has 0 spiro atoms. The lowest BCUT2D eigenvalue weighted by molar-refractivity contribution is 0.670. The highest BCUT2D eigenvalue weighted by Crippen LogP contribution is 2.43. The largest absolute Gasteiger partial charge is 0.455 e. The Kier molecular flexibility index (Phi) is 6.01. The molecule has 7 aromatic carbocycles. The highest BCUT2D eigenvalue weighted by molar-refractivity contribution is 7.26. The number of furan rings is 1. The Morgan fingerprint density at radius 2 is 1.06 bits per heavy atom. The zero-order valence-electron chi connectivity index (χ0n) is 25.6. The molecule has 0 saturated carbocycles. The van der Waals surface area contributed by atoms with Gasteiger partial charge in [0.25, 0.3) is 0 Å². The van der Waals surface area contributed by atoms with Gasteiger partial charge in [-0.1, -0.05) is 115 Å². The average Bonchev–Trinajstić information content (AvgIpc) is 3.74. The lowest BCUT2D eigenvalue weighted by Crippen LogP contribution is -2.00. The predicted molar refractivity (Wildman–Crippen MR) is 199 cm³/mol. The monoisotopic (exact) mass is 631 g/mol. The predicted octanol–water partition coefficient (Wildman–Crippen LogP) is 12.0. The quantitative estimate of drug-likeness (QED) is 0.194. The second-order valence-corrected chi connectivity index (χ2v) is 13.1. The van der Waals surface area contributed by atoms with Crippen molar-refractivity contribution in [1.29, 1.82) is 0 Å². The minimum atomic E-state index is 0.607. The third-order valence-corrected chi connectivity index (χ3v) is 10.3. The van der Waals surface area contributed by atoms with Crippen molar-refractivity contribution in [3.05, 3.63) is 152 Å². The second kappa shape index (κ2) is 10.7. The maximum atomic E-state index is 6.69. The van der Waals surface area contributed by atoms with E-state index >= 15 is 0 Å². The second-order valence-electron chi connectivity index (χ2n) is 12.0. The molecule has 0 amide bonds. The SMILES string of the molecule is c1ccc(-c2nc(-c3ccccc3)nc(-c3ccc(-c4ccc5c(ccc6sc7ccccc7c65)c4)c4oc5ccccc5c34)n2)cc1.